The predicted molar refractivity (Wildman–Crippen MR) is 142 cm³/mol. The Hall–Kier alpha value is -3.60. The van der Waals surface area contributed by atoms with Gasteiger partial charge in [-0.15, -0.1) is 18.9 Å². The number of terminal acetylenes is 1. The van der Waals surface area contributed by atoms with Crippen molar-refractivity contribution >= 4 is 23.6 Å². The van der Waals surface area contributed by atoms with Gasteiger partial charge in [0, 0.05) is 25.8 Å². The highest BCUT2D eigenvalue weighted by atomic mass is 16.2. The Balaban J connectivity index is 3.04. The van der Waals surface area contributed by atoms with Crippen molar-refractivity contribution in [3.8, 4) is 12.3 Å². The molecule has 8 heteroatoms. The third-order valence-corrected chi connectivity index (χ3v) is 5.89. The number of hydrogen-bond acceptors (Lipinski definition) is 4. The van der Waals surface area contributed by atoms with Gasteiger partial charge in [-0.2, -0.15) is 0 Å². The summed E-state index contributed by atoms with van der Waals surface area (Å²) in [5.41, 5.74) is 0.883. The van der Waals surface area contributed by atoms with Crippen molar-refractivity contribution in [2.75, 3.05) is 6.54 Å². The minimum atomic E-state index is -0.905. The molecule has 0 radical (unpaired) electrons. The molecular weight excluding hydrogens is 456 g/mol. The number of hydrogen-bond donors (Lipinski definition) is 4. The molecule has 0 aliphatic rings. The fourth-order valence-electron chi connectivity index (χ4n) is 3.53. The maximum Gasteiger partial charge on any atom is 0.243 e. The Morgan fingerprint density at radius 3 is 2.17 bits per heavy atom. The molecule has 0 saturated carbocycles. The first kappa shape index (κ1) is 30.4. The van der Waals surface area contributed by atoms with Gasteiger partial charge >= 0.3 is 0 Å². The molecule has 36 heavy (non-hydrogen) atoms. The molecule has 4 amide bonds. The van der Waals surface area contributed by atoms with Gasteiger partial charge in [-0.3, -0.25) is 19.2 Å². The van der Waals surface area contributed by atoms with Gasteiger partial charge in [-0.05, 0) is 17.4 Å². The summed E-state index contributed by atoms with van der Waals surface area (Å²) < 4.78 is 0. The molecule has 1 rings (SSSR count). The Morgan fingerprint density at radius 1 is 0.972 bits per heavy atom. The van der Waals surface area contributed by atoms with Crippen LogP contribution in [0.5, 0.6) is 0 Å². The molecule has 0 heterocycles. The molecule has 8 nitrogen and oxygen atoms in total. The SMILES string of the molecule is C#CCCC(=O)N[C@H](C(=O)N[C@H](C(=O)N[C@@H](Cc1ccccc1)C(=O)NCC=C)C(C)C)[C@@H](C)CC. The monoisotopic (exact) mass is 496 g/mol. The van der Waals surface area contributed by atoms with Crippen LogP contribution in [-0.4, -0.2) is 48.3 Å². The lowest BCUT2D eigenvalue weighted by Crippen LogP contribution is -2.59. The zero-order valence-corrected chi connectivity index (χ0v) is 21.8. The van der Waals surface area contributed by atoms with Crippen LogP contribution in [0, 0.1) is 24.2 Å². The van der Waals surface area contributed by atoms with Gasteiger partial charge in [0.1, 0.15) is 18.1 Å². The van der Waals surface area contributed by atoms with E-state index < -0.39 is 29.9 Å². The highest BCUT2D eigenvalue weighted by Crippen LogP contribution is 2.12. The summed E-state index contributed by atoms with van der Waals surface area (Å²) >= 11 is 0. The van der Waals surface area contributed by atoms with Crippen molar-refractivity contribution < 1.29 is 19.2 Å². The standard InChI is InChI=1S/C28H40N4O4/c1-7-10-16-23(33)31-25(20(6)9-3)28(36)32-24(19(4)5)27(35)30-22(26(34)29-17-8-2)18-21-14-12-11-13-15-21/h1,8,11-15,19-20,22,24-25H,2,9-10,16-18H2,3-6H3,(H,29,34)(H,30,35)(H,31,33)(H,32,36)/t20-,22-,24-,25-/m0/s1. The van der Waals surface area contributed by atoms with Crippen molar-refractivity contribution in [1.82, 2.24) is 21.3 Å². The van der Waals surface area contributed by atoms with E-state index in [1.54, 1.807) is 19.9 Å². The summed E-state index contributed by atoms with van der Waals surface area (Å²) in [5, 5.41) is 11.1. The molecule has 196 valence electrons. The fourth-order valence-corrected chi connectivity index (χ4v) is 3.53. The summed E-state index contributed by atoms with van der Waals surface area (Å²) in [6.07, 6.45) is 8.12. The van der Waals surface area contributed by atoms with Crippen molar-refractivity contribution in [3.63, 3.8) is 0 Å². The second-order valence-corrected chi connectivity index (χ2v) is 9.15. The molecule has 1 aromatic rings. The highest BCUT2D eigenvalue weighted by molar-refractivity contribution is 5.94. The zero-order valence-electron chi connectivity index (χ0n) is 21.8. The van der Waals surface area contributed by atoms with E-state index in [2.05, 4.69) is 33.8 Å². The number of rotatable bonds is 15. The molecule has 0 aliphatic heterocycles. The Morgan fingerprint density at radius 2 is 1.61 bits per heavy atom. The maximum atomic E-state index is 13.3. The lowest BCUT2D eigenvalue weighted by atomic mass is 9.96. The molecule has 0 saturated heterocycles. The Labute approximate surface area is 215 Å². The second-order valence-electron chi connectivity index (χ2n) is 9.15. The van der Waals surface area contributed by atoms with Gasteiger partial charge in [-0.1, -0.05) is 70.5 Å². The van der Waals surface area contributed by atoms with Crippen LogP contribution < -0.4 is 21.3 Å². The Bertz CT molecular complexity index is 923. The van der Waals surface area contributed by atoms with E-state index in [9.17, 15) is 19.2 Å². The van der Waals surface area contributed by atoms with E-state index in [1.165, 1.54) is 0 Å². The van der Waals surface area contributed by atoms with Crippen molar-refractivity contribution in [3.05, 3.63) is 48.6 Å². The number of carbonyl (C=O) groups excluding carboxylic acids is 4. The lowest BCUT2D eigenvalue weighted by molar-refractivity contribution is -0.135. The van der Waals surface area contributed by atoms with Crippen LogP contribution >= 0.6 is 0 Å². The van der Waals surface area contributed by atoms with Crippen LogP contribution in [0.4, 0.5) is 0 Å². The van der Waals surface area contributed by atoms with E-state index in [4.69, 9.17) is 6.42 Å². The summed E-state index contributed by atoms with van der Waals surface area (Å²) in [7, 11) is 0. The molecule has 0 spiro atoms. The van der Waals surface area contributed by atoms with Crippen molar-refractivity contribution in [2.45, 2.75) is 71.5 Å². The van der Waals surface area contributed by atoms with Crippen LogP contribution in [0.15, 0.2) is 43.0 Å². The largest absolute Gasteiger partial charge is 0.351 e. The van der Waals surface area contributed by atoms with Gasteiger partial charge in [0.15, 0.2) is 0 Å². The second kappa shape index (κ2) is 16.1. The van der Waals surface area contributed by atoms with Crippen LogP contribution in [0.25, 0.3) is 0 Å². The molecule has 0 aliphatic carbocycles. The first-order valence-electron chi connectivity index (χ1n) is 12.4. The minimum Gasteiger partial charge on any atom is -0.351 e. The van der Waals surface area contributed by atoms with Gasteiger partial charge < -0.3 is 21.3 Å². The van der Waals surface area contributed by atoms with Crippen LogP contribution in [0.2, 0.25) is 0 Å². The minimum absolute atomic E-state index is 0.117. The molecule has 0 bridgehead atoms. The Kier molecular flexibility index (Phi) is 13.6. The predicted octanol–water partition coefficient (Wildman–Crippen LogP) is 2.10. The quantitative estimate of drug-likeness (QED) is 0.220. The molecule has 0 unspecified atom stereocenters. The lowest BCUT2D eigenvalue weighted by Gasteiger charge is -2.29. The van der Waals surface area contributed by atoms with Crippen LogP contribution in [0.1, 0.15) is 52.5 Å². The molecule has 4 N–H and O–H groups in total. The first-order chi connectivity index (χ1) is 17.1. The van der Waals surface area contributed by atoms with Gasteiger partial charge in [0.2, 0.25) is 23.6 Å². The van der Waals surface area contributed by atoms with E-state index in [0.717, 1.165) is 5.56 Å². The summed E-state index contributed by atoms with van der Waals surface area (Å²) in [6, 6.07) is 6.79. The number of carbonyl (C=O) groups is 4. The van der Waals surface area contributed by atoms with Gasteiger partial charge in [-0.25, -0.2) is 0 Å². The summed E-state index contributed by atoms with van der Waals surface area (Å²) in [6.45, 7) is 11.3. The summed E-state index contributed by atoms with van der Waals surface area (Å²) in [4.78, 5) is 51.5. The molecule has 0 aromatic heterocycles. The van der Waals surface area contributed by atoms with Crippen LogP contribution in [-0.2, 0) is 25.6 Å². The third kappa shape index (κ3) is 10.3. The number of amides is 4. The fraction of sp³-hybridized carbons (Fsp3) is 0.500. The first-order valence-corrected chi connectivity index (χ1v) is 12.4. The van der Waals surface area contributed by atoms with E-state index >= 15 is 0 Å². The zero-order chi connectivity index (χ0) is 27.1. The van der Waals surface area contributed by atoms with Gasteiger partial charge in [0.05, 0.1) is 0 Å². The highest BCUT2D eigenvalue weighted by Gasteiger charge is 2.33. The molecular formula is C28H40N4O4. The van der Waals surface area contributed by atoms with Gasteiger partial charge in [0.25, 0.3) is 0 Å². The van der Waals surface area contributed by atoms with Crippen molar-refractivity contribution in [1.29, 1.82) is 0 Å². The summed E-state index contributed by atoms with van der Waals surface area (Å²) in [5.74, 6) is 0.384. The average Bonchev–Trinajstić information content (AvgIpc) is 2.86. The maximum absolute atomic E-state index is 13.3. The van der Waals surface area contributed by atoms with E-state index in [1.807, 2.05) is 44.2 Å². The van der Waals surface area contributed by atoms with E-state index in [-0.39, 0.29) is 49.5 Å². The number of benzene rings is 1. The van der Waals surface area contributed by atoms with Crippen LogP contribution in [0.3, 0.4) is 0 Å². The molecule has 4 atom stereocenters. The van der Waals surface area contributed by atoms with E-state index in [0.29, 0.717) is 6.42 Å². The third-order valence-electron chi connectivity index (χ3n) is 5.89. The topological polar surface area (TPSA) is 116 Å². The number of nitrogens with one attached hydrogen (secondary N) is 4. The molecule has 1 aromatic carbocycles. The molecule has 0 fully saturated rings. The normalized spacial score (nSPS) is 13.9. The van der Waals surface area contributed by atoms with Crippen molar-refractivity contribution in [2.24, 2.45) is 11.8 Å². The average molecular weight is 497 g/mol. The smallest absolute Gasteiger partial charge is 0.243 e.